The van der Waals surface area contributed by atoms with Crippen molar-refractivity contribution in [3.63, 3.8) is 0 Å². The van der Waals surface area contributed by atoms with Crippen molar-refractivity contribution in [1.29, 1.82) is 0 Å². The van der Waals surface area contributed by atoms with Gasteiger partial charge in [-0.1, -0.05) is 30.9 Å². The van der Waals surface area contributed by atoms with Crippen LogP contribution >= 0.6 is 23.8 Å². The molecule has 6 heteroatoms. The van der Waals surface area contributed by atoms with Crippen molar-refractivity contribution < 1.29 is 9.53 Å². The topological polar surface area (TPSA) is 50.4 Å². The van der Waals surface area contributed by atoms with E-state index < -0.39 is 5.97 Å². The Bertz CT molecular complexity index is 586. The number of halogens is 1. The maximum absolute atomic E-state index is 11.9. The molecule has 1 fully saturated rings. The van der Waals surface area contributed by atoms with Crippen LogP contribution in [-0.2, 0) is 4.74 Å². The summed E-state index contributed by atoms with van der Waals surface area (Å²) in [6.45, 7) is 4.27. The van der Waals surface area contributed by atoms with E-state index in [1.807, 2.05) is 0 Å². The molecule has 1 aromatic carbocycles. The number of hydrogen-bond acceptors (Lipinski definition) is 3. The van der Waals surface area contributed by atoms with Crippen molar-refractivity contribution in [2.75, 3.05) is 11.9 Å². The summed E-state index contributed by atoms with van der Waals surface area (Å²) < 4.78 is 5.01. The molecule has 0 unspecified atom stereocenters. The lowest BCUT2D eigenvalue weighted by Gasteiger charge is -2.35. The maximum Gasteiger partial charge on any atom is 0.339 e. The number of hydrogen-bond donors (Lipinski definition) is 2. The van der Waals surface area contributed by atoms with Crippen molar-refractivity contribution >= 4 is 40.6 Å². The number of esters is 1. The zero-order chi connectivity index (χ0) is 16.9. The van der Waals surface area contributed by atoms with Gasteiger partial charge in [0.1, 0.15) is 0 Å². The maximum atomic E-state index is 11.9. The fourth-order valence-corrected chi connectivity index (χ4v) is 3.42. The zero-order valence-electron chi connectivity index (χ0n) is 13.6. The number of ether oxygens (including phenoxy) is 1. The van der Waals surface area contributed by atoms with E-state index in [9.17, 15) is 4.79 Å². The molecule has 1 aliphatic carbocycles. The molecule has 0 saturated heterocycles. The van der Waals surface area contributed by atoms with Gasteiger partial charge in [-0.2, -0.15) is 0 Å². The fourth-order valence-electron chi connectivity index (χ4n) is 2.86. The molecule has 0 bridgehead atoms. The number of benzene rings is 1. The highest BCUT2D eigenvalue weighted by atomic mass is 35.5. The summed E-state index contributed by atoms with van der Waals surface area (Å²) in [5.74, 6) is -0.431. The molecule has 0 radical (unpaired) electrons. The second-order valence-corrected chi connectivity index (χ2v) is 6.93. The van der Waals surface area contributed by atoms with Gasteiger partial charge in [0.15, 0.2) is 5.11 Å². The van der Waals surface area contributed by atoms with E-state index in [4.69, 9.17) is 28.6 Å². The smallest absolute Gasteiger partial charge is 0.339 e. The standard InChI is InChI=1S/C17H23ClN2O2S/c1-3-22-15(21)13-11-12(7-8-14(13)18)19-16(23)20-17(2)9-5-4-6-10-17/h7-8,11H,3-6,9-10H2,1-2H3,(H2,19,20,23). The van der Waals surface area contributed by atoms with E-state index in [2.05, 4.69) is 17.6 Å². The lowest BCUT2D eigenvalue weighted by Crippen LogP contribution is -2.48. The van der Waals surface area contributed by atoms with Gasteiger partial charge in [-0.05, 0) is 57.1 Å². The molecule has 126 valence electrons. The molecule has 0 aromatic heterocycles. The molecule has 0 aliphatic heterocycles. The van der Waals surface area contributed by atoms with Crippen LogP contribution in [0, 0.1) is 0 Å². The zero-order valence-corrected chi connectivity index (χ0v) is 15.1. The van der Waals surface area contributed by atoms with Crippen molar-refractivity contribution in [2.45, 2.75) is 51.5 Å². The molecule has 0 spiro atoms. The first-order valence-corrected chi connectivity index (χ1v) is 8.78. The third kappa shape index (κ3) is 5.08. The van der Waals surface area contributed by atoms with Gasteiger partial charge in [0, 0.05) is 11.2 Å². The average molecular weight is 355 g/mol. The van der Waals surface area contributed by atoms with Crippen molar-refractivity contribution in [1.82, 2.24) is 5.32 Å². The molecule has 23 heavy (non-hydrogen) atoms. The number of rotatable bonds is 4. The molecular formula is C17H23ClN2O2S. The second kappa shape index (κ2) is 7.97. The van der Waals surface area contributed by atoms with Crippen LogP contribution in [0.4, 0.5) is 5.69 Å². The minimum Gasteiger partial charge on any atom is -0.462 e. The fraction of sp³-hybridized carbons (Fsp3) is 0.529. The van der Waals surface area contributed by atoms with E-state index in [1.54, 1.807) is 25.1 Å². The summed E-state index contributed by atoms with van der Waals surface area (Å²) >= 11 is 11.5. The van der Waals surface area contributed by atoms with Crippen LogP contribution in [0.25, 0.3) is 0 Å². The lowest BCUT2D eigenvalue weighted by molar-refractivity contribution is 0.0526. The van der Waals surface area contributed by atoms with E-state index in [-0.39, 0.29) is 5.54 Å². The van der Waals surface area contributed by atoms with E-state index in [1.165, 1.54) is 19.3 Å². The summed E-state index contributed by atoms with van der Waals surface area (Å²) in [5.41, 5.74) is 1.10. The molecule has 0 amide bonds. The molecule has 2 rings (SSSR count). The summed E-state index contributed by atoms with van der Waals surface area (Å²) in [6, 6.07) is 5.13. The molecule has 0 heterocycles. The van der Waals surface area contributed by atoms with Crippen LogP contribution in [0.1, 0.15) is 56.3 Å². The van der Waals surface area contributed by atoms with Crippen LogP contribution in [0.3, 0.4) is 0 Å². The van der Waals surface area contributed by atoms with E-state index in [0.29, 0.717) is 22.3 Å². The summed E-state index contributed by atoms with van der Waals surface area (Å²) in [4.78, 5) is 11.9. The Morgan fingerprint density at radius 1 is 1.35 bits per heavy atom. The van der Waals surface area contributed by atoms with Gasteiger partial charge in [-0.25, -0.2) is 4.79 Å². The van der Waals surface area contributed by atoms with Crippen molar-refractivity contribution in [2.24, 2.45) is 0 Å². The number of carbonyl (C=O) groups excluding carboxylic acids is 1. The minimum atomic E-state index is -0.431. The quantitative estimate of drug-likeness (QED) is 0.614. The van der Waals surface area contributed by atoms with Gasteiger partial charge < -0.3 is 15.4 Å². The highest BCUT2D eigenvalue weighted by molar-refractivity contribution is 7.80. The Morgan fingerprint density at radius 2 is 2.04 bits per heavy atom. The van der Waals surface area contributed by atoms with Crippen LogP contribution in [0.15, 0.2) is 18.2 Å². The third-order valence-electron chi connectivity index (χ3n) is 4.09. The van der Waals surface area contributed by atoms with Gasteiger partial charge in [-0.3, -0.25) is 0 Å². The molecular weight excluding hydrogens is 332 g/mol. The molecule has 1 saturated carbocycles. The van der Waals surface area contributed by atoms with Gasteiger partial charge in [0.2, 0.25) is 0 Å². The van der Waals surface area contributed by atoms with Gasteiger partial charge in [0.05, 0.1) is 17.2 Å². The average Bonchev–Trinajstić information content (AvgIpc) is 2.49. The minimum absolute atomic E-state index is 0.0404. The number of thiocarbonyl (C=S) groups is 1. The Kier molecular flexibility index (Phi) is 6.25. The Labute approximate surface area is 147 Å². The van der Waals surface area contributed by atoms with Crippen molar-refractivity contribution in [3.05, 3.63) is 28.8 Å². The van der Waals surface area contributed by atoms with Crippen LogP contribution in [0.2, 0.25) is 5.02 Å². The first-order chi connectivity index (χ1) is 10.9. The third-order valence-corrected chi connectivity index (χ3v) is 4.63. The second-order valence-electron chi connectivity index (χ2n) is 6.12. The molecule has 1 aliphatic rings. The molecule has 2 N–H and O–H groups in total. The highest BCUT2D eigenvalue weighted by Gasteiger charge is 2.27. The summed E-state index contributed by atoms with van der Waals surface area (Å²) in [7, 11) is 0. The van der Waals surface area contributed by atoms with Gasteiger partial charge in [0.25, 0.3) is 0 Å². The molecule has 1 aromatic rings. The predicted octanol–water partition coefficient (Wildman–Crippen LogP) is 4.53. The lowest BCUT2D eigenvalue weighted by atomic mass is 9.83. The number of nitrogens with one attached hydrogen (secondary N) is 2. The highest BCUT2D eigenvalue weighted by Crippen LogP contribution is 2.28. The van der Waals surface area contributed by atoms with Crippen LogP contribution in [-0.4, -0.2) is 23.2 Å². The largest absolute Gasteiger partial charge is 0.462 e. The normalized spacial score (nSPS) is 16.5. The van der Waals surface area contributed by atoms with Crippen LogP contribution in [0.5, 0.6) is 0 Å². The van der Waals surface area contributed by atoms with Crippen LogP contribution < -0.4 is 10.6 Å². The van der Waals surface area contributed by atoms with E-state index in [0.717, 1.165) is 18.5 Å². The van der Waals surface area contributed by atoms with Gasteiger partial charge >= 0.3 is 5.97 Å². The Morgan fingerprint density at radius 3 is 2.70 bits per heavy atom. The summed E-state index contributed by atoms with van der Waals surface area (Å²) in [5, 5.41) is 7.47. The summed E-state index contributed by atoms with van der Waals surface area (Å²) in [6.07, 6.45) is 5.96. The first-order valence-electron chi connectivity index (χ1n) is 7.99. The van der Waals surface area contributed by atoms with Crippen molar-refractivity contribution in [3.8, 4) is 0 Å². The Hall–Kier alpha value is -1.33. The molecule has 0 atom stereocenters. The first kappa shape index (κ1) is 18.0. The Balaban J connectivity index is 2.03. The monoisotopic (exact) mass is 354 g/mol. The predicted molar refractivity (Wildman–Crippen MR) is 98.3 cm³/mol. The number of anilines is 1. The number of carbonyl (C=O) groups is 1. The van der Waals surface area contributed by atoms with E-state index >= 15 is 0 Å². The molecule has 4 nitrogen and oxygen atoms in total. The SMILES string of the molecule is CCOC(=O)c1cc(NC(=S)NC2(C)CCCCC2)ccc1Cl. The van der Waals surface area contributed by atoms with Gasteiger partial charge in [-0.15, -0.1) is 0 Å².